The number of rotatable bonds is 4. The molecule has 0 aromatic heterocycles. The largest absolute Gasteiger partial charge is 0.490 e. The second-order valence-electron chi connectivity index (χ2n) is 5.86. The third kappa shape index (κ3) is 4.84. The second kappa shape index (κ2) is 8.51. The molecule has 0 saturated heterocycles. The minimum atomic E-state index is -0.574. The molecule has 1 heterocycles. The number of anilines is 1. The molecule has 0 unspecified atom stereocenters. The molecule has 0 spiro atoms. The molecular formula is C19H21F2N3O2. The Bertz CT molecular complexity index is 776. The number of hydrogen-bond acceptors (Lipinski definition) is 3. The van der Waals surface area contributed by atoms with Crippen molar-refractivity contribution in [2.24, 2.45) is 4.99 Å². The maximum atomic E-state index is 13.2. The molecule has 2 aromatic carbocycles. The summed E-state index contributed by atoms with van der Waals surface area (Å²) in [6.45, 7) is 1.74. The first kappa shape index (κ1) is 18.0. The molecule has 1 aliphatic rings. The molecular weight excluding hydrogens is 340 g/mol. The molecule has 0 radical (unpaired) electrons. The van der Waals surface area contributed by atoms with Gasteiger partial charge in [-0.15, -0.1) is 0 Å². The van der Waals surface area contributed by atoms with Gasteiger partial charge in [-0.1, -0.05) is 0 Å². The minimum absolute atomic E-state index is 0.469. The number of hydrogen-bond donors (Lipinski definition) is 2. The lowest BCUT2D eigenvalue weighted by atomic mass is 10.1. The van der Waals surface area contributed by atoms with Crippen LogP contribution in [0.2, 0.25) is 0 Å². The summed E-state index contributed by atoms with van der Waals surface area (Å²) in [6, 6.07) is 9.10. The van der Waals surface area contributed by atoms with Gasteiger partial charge in [0.15, 0.2) is 17.5 Å². The predicted molar refractivity (Wildman–Crippen MR) is 97.1 cm³/mol. The van der Waals surface area contributed by atoms with E-state index in [1.54, 1.807) is 7.05 Å². The molecule has 138 valence electrons. The first-order valence-corrected chi connectivity index (χ1v) is 8.46. The van der Waals surface area contributed by atoms with E-state index in [4.69, 9.17) is 9.47 Å². The van der Waals surface area contributed by atoms with Gasteiger partial charge in [-0.2, -0.15) is 0 Å². The van der Waals surface area contributed by atoms with E-state index in [1.165, 1.54) is 12.1 Å². The molecule has 0 atom stereocenters. The third-order valence-corrected chi connectivity index (χ3v) is 3.86. The SMILES string of the molecule is CN=C(NCCc1cc(F)cc(F)c1)Nc1ccc2c(c1)OCCCO2. The van der Waals surface area contributed by atoms with Gasteiger partial charge in [0.05, 0.1) is 13.2 Å². The number of halogens is 2. The first-order valence-electron chi connectivity index (χ1n) is 8.46. The van der Waals surface area contributed by atoms with Crippen LogP contribution in [0, 0.1) is 11.6 Å². The number of benzene rings is 2. The van der Waals surface area contributed by atoms with Gasteiger partial charge in [0, 0.05) is 37.8 Å². The molecule has 0 bridgehead atoms. The molecule has 2 aromatic rings. The van der Waals surface area contributed by atoms with Crippen LogP contribution in [0.5, 0.6) is 11.5 Å². The summed E-state index contributed by atoms with van der Waals surface area (Å²) in [7, 11) is 1.65. The first-order chi connectivity index (χ1) is 12.6. The molecule has 1 aliphatic heterocycles. The highest BCUT2D eigenvalue weighted by Crippen LogP contribution is 2.32. The van der Waals surface area contributed by atoms with Gasteiger partial charge in [0.25, 0.3) is 0 Å². The number of guanidine groups is 1. The molecule has 0 amide bonds. The highest BCUT2D eigenvalue weighted by Gasteiger charge is 2.11. The molecule has 2 N–H and O–H groups in total. The number of aliphatic imine (C=N–C) groups is 1. The highest BCUT2D eigenvalue weighted by atomic mass is 19.1. The molecule has 0 saturated carbocycles. The summed E-state index contributed by atoms with van der Waals surface area (Å²) in [5.41, 5.74) is 1.39. The van der Waals surface area contributed by atoms with E-state index in [2.05, 4.69) is 15.6 Å². The van der Waals surface area contributed by atoms with Gasteiger partial charge >= 0.3 is 0 Å². The van der Waals surface area contributed by atoms with Crippen molar-refractivity contribution >= 4 is 11.6 Å². The number of fused-ring (bicyclic) bond motifs is 1. The van der Waals surface area contributed by atoms with Crippen LogP contribution >= 0.6 is 0 Å². The van der Waals surface area contributed by atoms with E-state index in [-0.39, 0.29) is 0 Å². The third-order valence-electron chi connectivity index (χ3n) is 3.86. The van der Waals surface area contributed by atoms with Crippen LogP contribution in [-0.2, 0) is 6.42 Å². The van der Waals surface area contributed by atoms with Crippen molar-refractivity contribution in [1.82, 2.24) is 5.32 Å². The van der Waals surface area contributed by atoms with Crippen LogP contribution in [0.3, 0.4) is 0 Å². The minimum Gasteiger partial charge on any atom is -0.490 e. The Morgan fingerprint density at radius 1 is 1.04 bits per heavy atom. The van der Waals surface area contributed by atoms with E-state index in [0.717, 1.165) is 23.9 Å². The lowest BCUT2D eigenvalue weighted by molar-refractivity contribution is 0.297. The zero-order valence-electron chi connectivity index (χ0n) is 14.5. The number of nitrogens with one attached hydrogen (secondary N) is 2. The Balaban J connectivity index is 1.57. The van der Waals surface area contributed by atoms with Gasteiger partial charge in [0.1, 0.15) is 11.6 Å². The summed E-state index contributed by atoms with van der Waals surface area (Å²) in [4.78, 5) is 4.15. The molecule has 3 rings (SSSR count). The van der Waals surface area contributed by atoms with Gasteiger partial charge in [-0.3, -0.25) is 4.99 Å². The maximum absolute atomic E-state index is 13.2. The monoisotopic (exact) mass is 361 g/mol. The van der Waals surface area contributed by atoms with Crippen molar-refractivity contribution in [2.75, 3.05) is 32.1 Å². The summed E-state index contributed by atoms with van der Waals surface area (Å²) in [6.07, 6.45) is 1.32. The zero-order chi connectivity index (χ0) is 18.4. The van der Waals surface area contributed by atoms with Gasteiger partial charge in [-0.05, 0) is 36.2 Å². The van der Waals surface area contributed by atoms with Crippen molar-refractivity contribution in [3.05, 3.63) is 53.6 Å². The molecule has 26 heavy (non-hydrogen) atoms. The van der Waals surface area contributed by atoms with Crippen LogP contribution < -0.4 is 20.1 Å². The average Bonchev–Trinajstić information content (AvgIpc) is 2.85. The predicted octanol–water partition coefficient (Wildman–Crippen LogP) is 3.36. The van der Waals surface area contributed by atoms with Crippen LogP contribution in [0.25, 0.3) is 0 Å². The van der Waals surface area contributed by atoms with Crippen molar-refractivity contribution < 1.29 is 18.3 Å². The smallest absolute Gasteiger partial charge is 0.195 e. The van der Waals surface area contributed by atoms with Crippen molar-refractivity contribution in [2.45, 2.75) is 12.8 Å². The fraction of sp³-hybridized carbons (Fsp3) is 0.316. The lowest BCUT2D eigenvalue weighted by Gasteiger charge is -2.14. The van der Waals surface area contributed by atoms with E-state index in [0.29, 0.717) is 43.5 Å². The fourth-order valence-corrected chi connectivity index (χ4v) is 2.64. The van der Waals surface area contributed by atoms with Crippen molar-refractivity contribution in [3.8, 4) is 11.5 Å². The second-order valence-corrected chi connectivity index (χ2v) is 5.86. The van der Waals surface area contributed by atoms with Crippen LogP contribution in [0.4, 0.5) is 14.5 Å². The fourth-order valence-electron chi connectivity index (χ4n) is 2.64. The van der Waals surface area contributed by atoms with E-state index >= 15 is 0 Å². The van der Waals surface area contributed by atoms with Gasteiger partial charge in [-0.25, -0.2) is 8.78 Å². The molecule has 0 aliphatic carbocycles. The summed E-state index contributed by atoms with van der Waals surface area (Å²) in [5, 5.41) is 6.28. The maximum Gasteiger partial charge on any atom is 0.195 e. The highest BCUT2D eigenvalue weighted by molar-refractivity contribution is 5.93. The topological polar surface area (TPSA) is 54.9 Å². The number of nitrogens with zero attached hydrogens (tertiary/aromatic N) is 1. The van der Waals surface area contributed by atoms with Crippen molar-refractivity contribution in [3.63, 3.8) is 0 Å². The Kier molecular flexibility index (Phi) is 5.88. The average molecular weight is 361 g/mol. The molecule has 0 fully saturated rings. The number of ether oxygens (including phenoxy) is 2. The summed E-state index contributed by atoms with van der Waals surface area (Å²) in [5.74, 6) is 0.822. The standard InChI is InChI=1S/C19H21F2N3O2/c1-22-19(23-6-5-13-9-14(20)11-15(21)10-13)24-16-3-4-17-18(12-16)26-8-2-7-25-17/h3-4,9-12H,2,5-8H2,1H3,(H2,22,23,24). The van der Waals surface area contributed by atoms with E-state index in [9.17, 15) is 8.78 Å². The van der Waals surface area contributed by atoms with E-state index in [1.807, 2.05) is 18.2 Å². The molecule has 5 nitrogen and oxygen atoms in total. The van der Waals surface area contributed by atoms with Crippen LogP contribution in [-0.4, -0.2) is 32.8 Å². The van der Waals surface area contributed by atoms with Gasteiger partial charge in [0.2, 0.25) is 0 Å². The zero-order valence-corrected chi connectivity index (χ0v) is 14.5. The Hall–Kier alpha value is -2.83. The lowest BCUT2D eigenvalue weighted by Crippen LogP contribution is -2.32. The Labute approximate surface area is 151 Å². The summed E-state index contributed by atoms with van der Waals surface area (Å²) >= 11 is 0. The quantitative estimate of drug-likeness (QED) is 0.648. The van der Waals surface area contributed by atoms with Crippen LogP contribution in [0.15, 0.2) is 41.4 Å². The van der Waals surface area contributed by atoms with Crippen molar-refractivity contribution in [1.29, 1.82) is 0 Å². The van der Waals surface area contributed by atoms with E-state index < -0.39 is 11.6 Å². The van der Waals surface area contributed by atoms with Gasteiger partial charge < -0.3 is 20.1 Å². The van der Waals surface area contributed by atoms with Crippen LogP contribution in [0.1, 0.15) is 12.0 Å². The Morgan fingerprint density at radius 2 is 1.77 bits per heavy atom. The molecule has 7 heteroatoms. The summed E-state index contributed by atoms with van der Waals surface area (Å²) < 4.78 is 37.7. The Morgan fingerprint density at radius 3 is 2.50 bits per heavy atom. The normalized spacial score (nSPS) is 13.9.